The average Bonchev–Trinajstić information content (AvgIpc) is 2.24. The molecule has 0 spiro atoms. The van der Waals surface area contributed by atoms with Crippen molar-refractivity contribution >= 4 is 5.76 Å². The van der Waals surface area contributed by atoms with Gasteiger partial charge in [-0.05, 0) is 51.7 Å². The van der Waals surface area contributed by atoms with E-state index in [0.29, 0.717) is 5.76 Å². The number of allylic oxidation sites excluding steroid dienone is 2. The molecule has 108 valence electrons. The highest BCUT2D eigenvalue weighted by Gasteiger charge is 2.28. The molecule has 0 atom stereocenters. The lowest BCUT2D eigenvalue weighted by Crippen LogP contribution is -2.23. The zero-order chi connectivity index (χ0) is 15.3. The first-order valence-electron chi connectivity index (χ1n) is 7.27. The molecule has 1 aliphatic rings. The number of benzene rings is 1. The Morgan fingerprint density at radius 3 is 1.95 bits per heavy atom. The summed E-state index contributed by atoms with van der Waals surface area (Å²) in [5.74, 6) is 0.349. The predicted octanol–water partition coefficient (Wildman–Crippen LogP) is 5.29. The van der Waals surface area contributed by atoms with Crippen molar-refractivity contribution in [3.63, 3.8) is 0 Å². The van der Waals surface area contributed by atoms with Crippen LogP contribution in [0.25, 0.3) is 5.76 Å². The van der Waals surface area contributed by atoms with Crippen LogP contribution in [0.15, 0.2) is 30.4 Å². The molecule has 1 aromatic carbocycles. The number of hydrogen-bond acceptors (Lipinski definition) is 1. The lowest BCUT2D eigenvalue weighted by molar-refractivity contribution is 0.504. The molecule has 0 aliphatic heterocycles. The standard InChI is InChI=1S/C19H26O/c1-12-8-13-10-15(18(2,3)4)16(19(5,6)7)11-14(13)17(20)9-12/h9-11,20H,1,8H2,2-7H3. The van der Waals surface area contributed by atoms with E-state index in [9.17, 15) is 5.11 Å². The van der Waals surface area contributed by atoms with Gasteiger partial charge >= 0.3 is 0 Å². The molecular weight excluding hydrogens is 244 g/mol. The van der Waals surface area contributed by atoms with E-state index in [1.807, 2.05) is 0 Å². The molecule has 1 aromatic rings. The Morgan fingerprint density at radius 1 is 0.950 bits per heavy atom. The molecule has 0 radical (unpaired) electrons. The SMILES string of the molecule is C=C1C=C(O)c2cc(C(C)(C)C)c(C(C)(C)C)cc2C1. The molecule has 0 bridgehead atoms. The van der Waals surface area contributed by atoms with Gasteiger partial charge in [-0.2, -0.15) is 0 Å². The summed E-state index contributed by atoms with van der Waals surface area (Å²) in [6, 6.07) is 4.44. The van der Waals surface area contributed by atoms with Gasteiger partial charge in [0.15, 0.2) is 0 Å². The van der Waals surface area contributed by atoms with Crippen LogP contribution in [0.2, 0.25) is 0 Å². The second-order valence-corrected chi connectivity index (χ2v) is 7.92. The third-order valence-corrected chi connectivity index (χ3v) is 3.89. The summed E-state index contributed by atoms with van der Waals surface area (Å²) >= 11 is 0. The van der Waals surface area contributed by atoms with Crippen molar-refractivity contribution in [2.24, 2.45) is 0 Å². The molecule has 1 N–H and O–H groups in total. The van der Waals surface area contributed by atoms with Crippen molar-refractivity contribution in [1.29, 1.82) is 0 Å². The van der Waals surface area contributed by atoms with Gasteiger partial charge < -0.3 is 5.11 Å². The van der Waals surface area contributed by atoms with Crippen LogP contribution in [0.3, 0.4) is 0 Å². The normalized spacial score (nSPS) is 15.9. The first-order valence-corrected chi connectivity index (χ1v) is 7.27. The van der Waals surface area contributed by atoms with Gasteiger partial charge in [-0.3, -0.25) is 0 Å². The molecule has 0 aromatic heterocycles. The minimum atomic E-state index is 0.0619. The molecule has 1 aliphatic carbocycles. The first kappa shape index (κ1) is 14.9. The van der Waals surface area contributed by atoms with Crippen molar-refractivity contribution in [3.8, 4) is 0 Å². The van der Waals surface area contributed by atoms with Gasteiger partial charge in [0.2, 0.25) is 0 Å². The second-order valence-electron chi connectivity index (χ2n) is 7.92. The van der Waals surface area contributed by atoms with Crippen molar-refractivity contribution in [2.45, 2.75) is 58.8 Å². The van der Waals surface area contributed by atoms with Gasteiger partial charge in [0.25, 0.3) is 0 Å². The van der Waals surface area contributed by atoms with Crippen LogP contribution in [0.5, 0.6) is 0 Å². The van der Waals surface area contributed by atoms with E-state index < -0.39 is 0 Å². The fraction of sp³-hybridized carbons (Fsp3) is 0.474. The quantitative estimate of drug-likeness (QED) is 0.679. The molecule has 0 amide bonds. The van der Waals surface area contributed by atoms with Crippen LogP contribution in [0.4, 0.5) is 0 Å². The number of hydrogen-bond donors (Lipinski definition) is 1. The monoisotopic (exact) mass is 270 g/mol. The van der Waals surface area contributed by atoms with Crippen LogP contribution in [0.1, 0.15) is 63.8 Å². The van der Waals surface area contributed by atoms with E-state index in [2.05, 4.69) is 60.3 Å². The zero-order valence-corrected chi connectivity index (χ0v) is 13.6. The van der Waals surface area contributed by atoms with Crippen molar-refractivity contribution < 1.29 is 5.11 Å². The summed E-state index contributed by atoms with van der Waals surface area (Å²) in [4.78, 5) is 0. The van der Waals surface area contributed by atoms with Crippen molar-refractivity contribution in [2.75, 3.05) is 0 Å². The minimum Gasteiger partial charge on any atom is -0.507 e. The summed E-state index contributed by atoms with van der Waals surface area (Å²) in [7, 11) is 0. The predicted molar refractivity (Wildman–Crippen MR) is 87.3 cm³/mol. The summed E-state index contributed by atoms with van der Waals surface area (Å²) in [5.41, 5.74) is 5.96. The lowest BCUT2D eigenvalue weighted by atomic mass is 9.72. The third-order valence-electron chi connectivity index (χ3n) is 3.89. The third kappa shape index (κ3) is 2.67. The number of rotatable bonds is 0. The fourth-order valence-electron chi connectivity index (χ4n) is 2.84. The largest absolute Gasteiger partial charge is 0.507 e. The molecule has 0 unspecified atom stereocenters. The van der Waals surface area contributed by atoms with Crippen molar-refractivity contribution in [3.05, 3.63) is 52.6 Å². The fourth-order valence-corrected chi connectivity index (χ4v) is 2.84. The molecule has 0 heterocycles. The second kappa shape index (κ2) is 4.51. The van der Waals surface area contributed by atoms with Gasteiger partial charge in [-0.1, -0.05) is 54.2 Å². The van der Waals surface area contributed by atoms with E-state index >= 15 is 0 Å². The van der Waals surface area contributed by atoms with Crippen LogP contribution in [-0.4, -0.2) is 5.11 Å². The lowest BCUT2D eigenvalue weighted by Gasteiger charge is -2.32. The van der Waals surface area contributed by atoms with Gasteiger partial charge in [-0.15, -0.1) is 0 Å². The molecule has 0 fully saturated rings. The Balaban J connectivity index is 2.75. The van der Waals surface area contributed by atoms with Gasteiger partial charge in [0.05, 0.1) is 0 Å². The Hall–Kier alpha value is -1.50. The highest BCUT2D eigenvalue weighted by Crippen LogP contribution is 2.39. The highest BCUT2D eigenvalue weighted by molar-refractivity contribution is 5.70. The summed E-state index contributed by atoms with van der Waals surface area (Å²) in [6.07, 6.45) is 2.61. The number of aliphatic hydroxyl groups excluding tert-OH is 1. The summed E-state index contributed by atoms with van der Waals surface area (Å²) in [5, 5.41) is 10.2. The summed E-state index contributed by atoms with van der Waals surface area (Å²) in [6.45, 7) is 17.4. The van der Waals surface area contributed by atoms with Crippen LogP contribution < -0.4 is 0 Å². The van der Waals surface area contributed by atoms with E-state index in [1.54, 1.807) is 6.08 Å². The van der Waals surface area contributed by atoms with Crippen LogP contribution >= 0.6 is 0 Å². The topological polar surface area (TPSA) is 20.2 Å². The van der Waals surface area contributed by atoms with Gasteiger partial charge in [0.1, 0.15) is 5.76 Å². The molecule has 20 heavy (non-hydrogen) atoms. The van der Waals surface area contributed by atoms with E-state index in [-0.39, 0.29) is 10.8 Å². The Bertz CT molecular complexity index is 589. The Morgan fingerprint density at radius 2 is 1.45 bits per heavy atom. The van der Waals surface area contributed by atoms with Gasteiger partial charge in [0, 0.05) is 5.56 Å². The van der Waals surface area contributed by atoms with Crippen LogP contribution in [0, 0.1) is 0 Å². The zero-order valence-electron chi connectivity index (χ0n) is 13.6. The van der Waals surface area contributed by atoms with E-state index in [4.69, 9.17) is 0 Å². The van der Waals surface area contributed by atoms with E-state index in [1.165, 1.54) is 16.7 Å². The Kier molecular flexibility index (Phi) is 3.36. The minimum absolute atomic E-state index is 0.0619. The average molecular weight is 270 g/mol. The highest BCUT2D eigenvalue weighted by atomic mass is 16.3. The summed E-state index contributed by atoms with van der Waals surface area (Å²) < 4.78 is 0. The maximum Gasteiger partial charge on any atom is 0.123 e. The smallest absolute Gasteiger partial charge is 0.123 e. The molecule has 1 nitrogen and oxygen atoms in total. The molecule has 1 heteroatoms. The molecule has 2 rings (SSSR count). The maximum absolute atomic E-state index is 10.2. The first-order chi connectivity index (χ1) is 9.00. The maximum atomic E-state index is 10.2. The molecule has 0 saturated carbocycles. The molecule has 0 saturated heterocycles. The van der Waals surface area contributed by atoms with Crippen molar-refractivity contribution in [1.82, 2.24) is 0 Å². The molecular formula is C19H26O. The Labute approximate surface area is 123 Å². The van der Waals surface area contributed by atoms with Gasteiger partial charge in [-0.25, -0.2) is 0 Å². The van der Waals surface area contributed by atoms with Crippen LogP contribution in [-0.2, 0) is 17.3 Å². The number of aliphatic hydroxyl groups is 1. The number of fused-ring (bicyclic) bond motifs is 1. The van der Waals surface area contributed by atoms with E-state index in [0.717, 1.165) is 17.6 Å².